The number of halogens is 2. The number of anilines is 1. The van der Waals surface area contributed by atoms with E-state index in [2.05, 4.69) is 35.6 Å². The number of likely N-dealkylation sites (tertiary alicyclic amines) is 1. The Morgan fingerprint density at radius 2 is 1.71 bits per heavy atom. The predicted molar refractivity (Wildman–Crippen MR) is 176 cm³/mol. The first kappa shape index (κ1) is 31.2. The number of rotatable bonds is 5. The number of aromatic nitrogens is 3. The van der Waals surface area contributed by atoms with Crippen LogP contribution in [0.15, 0.2) is 42.6 Å². The molecule has 9 nitrogen and oxygen atoms in total. The number of benzene rings is 2. The second-order valence-corrected chi connectivity index (χ2v) is 14.1. The summed E-state index contributed by atoms with van der Waals surface area (Å²) in [5.74, 6) is -0.0465. The van der Waals surface area contributed by atoms with Gasteiger partial charge in [0.2, 0.25) is 0 Å². The molecule has 1 atom stereocenters. The van der Waals surface area contributed by atoms with E-state index in [1.54, 1.807) is 17.2 Å². The van der Waals surface area contributed by atoms with Crippen LogP contribution in [0.5, 0.6) is 6.01 Å². The molecule has 4 aromatic rings. The fourth-order valence-corrected chi connectivity index (χ4v) is 6.39. The SMILES string of the molecule is CC(C)(C)OC(=O)N1CCN(c2nc(OCC3CCN3C(C)(C)C)nc3c(F)c(-c4cccc5cccc(Cl)c45)ncc23)CC1. The largest absolute Gasteiger partial charge is 0.462 e. The first-order valence-corrected chi connectivity index (χ1v) is 15.8. The summed E-state index contributed by atoms with van der Waals surface area (Å²) in [6.07, 6.45) is 2.28. The lowest BCUT2D eigenvalue weighted by Crippen LogP contribution is -2.59. The van der Waals surface area contributed by atoms with Crippen molar-refractivity contribution >= 4 is 45.2 Å². The molecule has 11 heteroatoms. The van der Waals surface area contributed by atoms with Crippen LogP contribution in [0.4, 0.5) is 15.0 Å². The summed E-state index contributed by atoms with van der Waals surface area (Å²) < 4.78 is 28.4. The van der Waals surface area contributed by atoms with E-state index in [9.17, 15) is 4.79 Å². The Kier molecular flexibility index (Phi) is 8.24. The third-order valence-corrected chi connectivity index (χ3v) is 8.71. The van der Waals surface area contributed by atoms with E-state index in [0.717, 1.165) is 23.7 Å². The van der Waals surface area contributed by atoms with Crippen LogP contribution < -0.4 is 9.64 Å². The molecule has 2 aliphatic rings. The lowest BCUT2D eigenvalue weighted by Gasteiger charge is -2.49. The van der Waals surface area contributed by atoms with Crippen molar-refractivity contribution in [3.05, 3.63) is 53.4 Å². The first-order chi connectivity index (χ1) is 21.3. The van der Waals surface area contributed by atoms with E-state index in [-0.39, 0.29) is 34.9 Å². The normalized spacial score (nSPS) is 17.9. The van der Waals surface area contributed by atoms with E-state index in [1.807, 2.05) is 56.0 Å². The lowest BCUT2D eigenvalue weighted by atomic mass is 9.94. The Bertz CT molecular complexity index is 1740. The molecule has 2 saturated heterocycles. The Morgan fingerprint density at radius 3 is 2.36 bits per heavy atom. The van der Waals surface area contributed by atoms with Crippen molar-refractivity contribution < 1.29 is 18.7 Å². The Labute approximate surface area is 268 Å². The maximum absolute atomic E-state index is 16.6. The standard InChI is InChI=1S/C34H40ClFN6O3/c1-33(2,3)42-14-13-22(42)20-44-31-38-29-24(30(39-31)40-15-17-41(18-16-40)32(43)45-34(4,5)6)19-37-28(27(29)36)23-11-7-9-21-10-8-12-25(35)26(21)23/h7-12,19,22H,13-18,20H2,1-6H3. The fourth-order valence-electron chi connectivity index (χ4n) is 6.10. The van der Waals surface area contributed by atoms with Crippen LogP contribution in [0.2, 0.25) is 5.02 Å². The van der Waals surface area contributed by atoms with E-state index >= 15 is 4.39 Å². The molecular weight excluding hydrogens is 595 g/mol. The van der Waals surface area contributed by atoms with Gasteiger partial charge in [-0.2, -0.15) is 9.97 Å². The van der Waals surface area contributed by atoms with Gasteiger partial charge < -0.3 is 19.3 Å². The van der Waals surface area contributed by atoms with Gasteiger partial charge in [0.1, 0.15) is 29.2 Å². The van der Waals surface area contributed by atoms with Gasteiger partial charge in [0.05, 0.1) is 5.39 Å². The van der Waals surface area contributed by atoms with Crippen LogP contribution >= 0.6 is 11.6 Å². The van der Waals surface area contributed by atoms with Gasteiger partial charge in [-0.05, 0) is 59.4 Å². The van der Waals surface area contributed by atoms with Crippen LogP contribution in [0.25, 0.3) is 32.9 Å². The lowest BCUT2D eigenvalue weighted by molar-refractivity contribution is -0.0223. The van der Waals surface area contributed by atoms with Crippen molar-refractivity contribution in [1.82, 2.24) is 24.8 Å². The summed E-state index contributed by atoms with van der Waals surface area (Å²) >= 11 is 6.59. The van der Waals surface area contributed by atoms with Crippen LogP contribution in [0.1, 0.15) is 48.0 Å². The molecular formula is C34H40ClFN6O3. The summed E-state index contributed by atoms with van der Waals surface area (Å²) in [4.78, 5) is 32.8. The highest BCUT2D eigenvalue weighted by Gasteiger charge is 2.37. The number of nitrogens with zero attached hydrogens (tertiary/aromatic N) is 6. The van der Waals surface area contributed by atoms with Gasteiger partial charge in [0, 0.05) is 66.5 Å². The molecule has 1 unspecified atom stereocenters. The van der Waals surface area contributed by atoms with E-state index in [0.29, 0.717) is 54.6 Å². The molecule has 0 saturated carbocycles. The minimum absolute atomic E-state index is 0.0158. The summed E-state index contributed by atoms with van der Waals surface area (Å²) in [7, 11) is 0. The van der Waals surface area contributed by atoms with Gasteiger partial charge >= 0.3 is 12.1 Å². The van der Waals surface area contributed by atoms with Gasteiger partial charge in [-0.25, -0.2) is 9.18 Å². The number of hydrogen-bond donors (Lipinski definition) is 0. The van der Waals surface area contributed by atoms with Crippen LogP contribution in [-0.2, 0) is 4.74 Å². The van der Waals surface area contributed by atoms with Crippen molar-refractivity contribution in [2.45, 2.75) is 65.1 Å². The Hall–Kier alpha value is -3.76. The second kappa shape index (κ2) is 11.9. The molecule has 1 amide bonds. The first-order valence-electron chi connectivity index (χ1n) is 15.5. The highest BCUT2D eigenvalue weighted by molar-refractivity contribution is 6.36. The second-order valence-electron chi connectivity index (χ2n) is 13.7. The summed E-state index contributed by atoms with van der Waals surface area (Å²) in [6, 6.07) is 11.6. The maximum atomic E-state index is 16.6. The molecule has 2 aromatic carbocycles. The van der Waals surface area contributed by atoms with Gasteiger partial charge in [0.15, 0.2) is 5.82 Å². The van der Waals surface area contributed by atoms with Gasteiger partial charge in [-0.1, -0.05) is 41.9 Å². The Morgan fingerprint density at radius 1 is 1.00 bits per heavy atom. The Balaban J connectivity index is 1.37. The van der Waals surface area contributed by atoms with Crippen molar-refractivity contribution in [3.63, 3.8) is 0 Å². The number of fused-ring (bicyclic) bond motifs is 2. The molecule has 238 valence electrons. The van der Waals surface area contributed by atoms with Crippen LogP contribution in [0, 0.1) is 5.82 Å². The van der Waals surface area contributed by atoms with Crippen molar-refractivity contribution in [2.75, 3.05) is 44.2 Å². The minimum Gasteiger partial charge on any atom is -0.462 e. The molecule has 0 aliphatic carbocycles. The number of piperazine rings is 1. The zero-order valence-electron chi connectivity index (χ0n) is 26.7. The summed E-state index contributed by atoms with van der Waals surface area (Å²) in [5.41, 5.74) is 0.300. The van der Waals surface area contributed by atoms with Crippen LogP contribution in [-0.4, -0.2) is 87.4 Å². The number of hydrogen-bond acceptors (Lipinski definition) is 8. The molecule has 0 bridgehead atoms. The molecule has 2 aromatic heterocycles. The maximum Gasteiger partial charge on any atom is 0.410 e. The van der Waals surface area contributed by atoms with Gasteiger partial charge in [-0.15, -0.1) is 0 Å². The average molecular weight is 635 g/mol. The van der Waals surface area contributed by atoms with Crippen molar-refractivity contribution in [3.8, 4) is 17.3 Å². The topological polar surface area (TPSA) is 83.9 Å². The number of amides is 1. The predicted octanol–water partition coefficient (Wildman–Crippen LogP) is 6.95. The van der Waals surface area contributed by atoms with E-state index in [4.69, 9.17) is 26.1 Å². The highest BCUT2D eigenvalue weighted by atomic mass is 35.5. The van der Waals surface area contributed by atoms with Crippen molar-refractivity contribution in [2.24, 2.45) is 0 Å². The third-order valence-electron chi connectivity index (χ3n) is 8.39. The van der Waals surface area contributed by atoms with Gasteiger partial charge in [0.25, 0.3) is 0 Å². The molecule has 0 radical (unpaired) electrons. The average Bonchev–Trinajstić information content (AvgIpc) is 2.95. The molecule has 45 heavy (non-hydrogen) atoms. The van der Waals surface area contributed by atoms with Crippen LogP contribution in [0.3, 0.4) is 0 Å². The van der Waals surface area contributed by atoms with Crippen molar-refractivity contribution in [1.29, 1.82) is 0 Å². The number of ether oxygens (including phenoxy) is 2. The molecule has 2 fully saturated rings. The smallest absolute Gasteiger partial charge is 0.410 e. The number of carbonyl (C=O) groups is 1. The molecule has 0 spiro atoms. The van der Waals surface area contributed by atoms with E-state index in [1.165, 1.54) is 0 Å². The molecule has 0 N–H and O–H groups in total. The molecule has 2 aliphatic heterocycles. The number of carbonyl (C=O) groups excluding carboxylic acids is 1. The fraction of sp³-hybridized carbons (Fsp3) is 0.471. The monoisotopic (exact) mass is 634 g/mol. The molecule has 4 heterocycles. The van der Waals surface area contributed by atoms with E-state index < -0.39 is 11.4 Å². The molecule has 6 rings (SSSR count). The number of pyridine rings is 1. The zero-order valence-corrected chi connectivity index (χ0v) is 27.5. The summed E-state index contributed by atoms with van der Waals surface area (Å²) in [5, 5.41) is 2.60. The minimum atomic E-state index is -0.582. The quantitative estimate of drug-likeness (QED) is 0.233. The highest BCUT2D eigenvalue weighted by Crippen LogP contribution is 2.37. The zero-order chi connectivity index (χ0) is 32.1. The third kappa shape index (κ3) is 6.35. The summed E-state index contributed by atoms with van der Waals surface area (Å²) in [6.45, 7) is 15.3. The van der Waals surface area contributed by atoms with Gasteiger partial charge in [-0.3, -0.25) is 9.88 Å².